The molecule has 0 radical (unpaired) electrons. The number of aromatic nitrogens is 2. The van der Waals surface area contributed by atoms with Crippen LogP contribution < -0.4 is 0 Å². The van der Waals surface area contributed by atoms with Gasteiger partial charge in [0.2, 0.25) is 0 Å². The molecule has 0 aliphatic rings. The van der Waals surface area contributed by atoms with Crippen molar-refractivity contribution in [2.75, 3.05) is 13.7 Å². The van der Waals surface area contributed by atoms with E-state index < -0.39 is 0 Å². The van der Waals surface area contributed by atoms with Crippen molar-refractivity contribution in [2.24, 2.45) is 0 Å². The molecule has 0 amide bonds. The van der Waals surface area contributed by atoms with Crippen LogP contribution >= 0.6 is 0 Å². The minimum absolute atomic E-state index is 0.0705. The molecule has 0 unspecified atom stereocenters. The number of Topliss-reactive ketones (excluding diaryl/α,β-unsaturated/α-hetero) is 1. The quantitative estimate of drug-likeness (QED) is 0.641. The summed E-state index contributed by atoms with van der Waals surface area (Å²) in [5, 5.41) is 0. The summed E-state index contributed by atoms with van der Waals surface area (Å²) in [6.07, 6.45) is 3.92. The molecule has 1 aromatic rings. The number of carbonyl (C=O) groups is 1. The van der Waals surface area contributed by atoms with Crippen molar-refractivity contribution in [1.29, 1.82) is 0 Å². The molecule has 0 saturated heterocycles. The van der Waals surface area contributed by atoms with E-state index in [1.54, 1.807) is 19.5 Å². The first-order chi connectivity index (χ1) is 6.29. The number of imidazole rings is 1. The molecule has 13 heavy (non-hydrogen) atoms. The first-order valence-electron chi connectivity index (χ1n) is 4.32. The molecule has 0 fully saturated rings. The number of rotatable bonds is 5. The lowest BCUT2D eigenvalue weighted by atomic mass is 10.3. The van der Waals surface area contributed by atoms with Crippen molar-refractivity contribution in [3.8, 4) is 0 Å². The molecule has 4 heteroatoms. The van der Waals surface area contributed by atoms with E-state index in [2.05, 4.69) is 4.98 Å². The Morgan fingerprint density at radius 3 is 3.08 bits per heavy atom. The van der Waals surface area contributed by atoms with E-state index in [-0.39, 0.29) is 5.78 Å². The molecule has 1 aromatic heterocycles. The van der Waals surface area contributed by atoms with Gasteiger partial charge < -0.3 is 9.30 Å². The molecule has 0 aliphatic carbocycles. The number of ether oxygens (including phenoxy) is 1. The van der Waals surface area contributed by atoms with Gasteiger partial charge in [0, 0.05) is 32.5 Å². The summed E-state index contributed by atoms with van der Waals surface area (Å²) in [6, 6.07) is 0. The Morgan fingerprint density at radius 2 is 2.46 bits per heavy atom. The largest absolute Gasteiger partial charge is 0.383 e. The predicted molar refractivity (Wildman–Crippen MR) is 48.7 cm³/mol. The van der Waals surface area contributed by atoms with Gasteiger partial charge in [-0.3, -0.25) is 4.79 Å². The number of ketones is 1. The van der Waals surface area contributed by atoms with Gasteiger partial charge in [-0.15, -0.1) is 0 Å². The van der Waals surface area contributed by atoms with E-state index in [1.807, 2.05) is 11.5 Å². The average molecular weight is 182 g/mol. The minimum atomic E-state index is 0.0705. The van der Waals surface area contributed by atoms with Gasteiger partial charge in [-0.25, -0.2) is 4.98 Å². The molecule has 72 valence electrons. The Balaban J connectivity index is 2.71. The third kappa shape index (κ3) is 2.39. The number of carbonyl (C=O) groups excluding carboxylic acids is 1. The minimum Gasteiger partial charge on any atom is -0.383 e. The van der Waals surface area contributed by atoms with Crippen LogP contribution in [0, 0.1) is 0 Å². The highest BCUT2D eigenvalue weighted by Crippen LogP contribution is 2.01. The third-order valence-corrected chi connectivity index (χ3v) is 1.82. The number of hydrogen-bond donors (Lipinski definition) is 0. The molecule has 0 atom stereocenters. The summed E-state index contributed by atoms with van der Waals surface area (Å²) in [5.74, 6) is 0.598. The van der Waals surface area contributed by atoms with Crippen LogP contribution in [0.1, 0.15) is 24.0 Å². The van der Waals surface area contributed by atoms with Gasteiger partial charge in [0.05, 0.1) is 6.61 Å². The van der Waals surface area contributed by atoms with Crippen LogP contribution in [-0.4, -0.2) is 29.1 Å². The Bertz CT molecular complexity index is 281. The van der Waals surface area contributed by atoms with Crippen molar-refractivity contribution in [3.05, 3.63) is 18.2 Å². The molecule has 0 N–H and O–H groups in total. The molecular formula is C9H14N2O2. The lowest BCUT2D eigenvalue weighted by Crippen LogP contribution is -2.11. The van der Waals surface area contributed by atoms with Crippen LogP contribution in [0.25, 0.3) is 0 Å². The molecule has 0 spiro atoms. The van der Waals surface area contributed by atoms with Gasteiger partial charge >= 0.3 is 0 Å². The fraction of sp³-hybridized carbons (Fsp3) is 0.556. The van der Waals surface area contributed by atoms with Gasteiger partial charge in [0.25, 0.3) is 0 Å². The molecule has 0 aliphatic heterocycles. The molecule has 1 heterocycles. The second kappa shape index (κ2) is 4.77. The van der Waals surface area contributed by atoms with Gasteiger partial charge in [0.15, 0.2) is 11.6 Å². The zero-order chi connectivity index (χ0) is 9.68. The van der Waals surface area contributed by atoms with Crippen LogP contribution in [0.2, 0.25) is 0 Å². The fourth-order valence-corrected chi connectivity index (χ4v) is 1.09. The van der Waals surface area contributed by atoms with E-state index in [0.717, 1.165) is 0 Å². The summed E-state index contributed by atoms with van der Waals surface area (Å²) in [4.78, 5) is 15.3. The van der Waals surface area contributed by atoms with Crippen molar-refractivity contribution in [3.63, 3.8) is 0 Å². The zero-order valence-electron chi connectivity index (χ0n) is 7.99. The van der Waals surface area contributed by atoms with Crippen molar-refractivity contribution in [1.82, 2.24) is 9.55 Å². The third-order valence-electron chi connectivity index (χ3n) is 1.82. The molecule has 4 nitrogen and oxygen atoms in total. The van der Waals surface area contributed by atoms with Crippen molar-refractivity contribution >= 4 is 5.78 Å². The lowest BCUT2D eigenvalue weighted by Gasteiger charge is -2.04. The maximum atomic E-state index is 11.3. The van der Waals surface area contributed by atoms with E-state index in [4.69, 9.17) is 4.74 Å². The van der Waals surface area contributed by atoms with Crippen LogP contribution in [-0.2, 0) is 11.3 Å². The van der Waals surface area contributed by atoms with Gasteiger partial charge in [-0.05, 0) is 0 Å². The van der Waals surface area contributed by atoms with Crippen LogP contribution in [0.5, 0.6) is 0 Å². The van der Waals surface area contributed by atoms with Crippen molar-refractivity contribution < 1.29 is 9.53 Å². The predicted octanol–water partition coefficient (Wildman–Crippen LogP) is 1.12. The monoisotopic (exact) mass is 182 g/mol. The maximum Gasteiger partial charge on any atom is 0.197 e. The fourth-order valence-electron chi connectivity index (χ4n) is 1.09. The highest BCUT2D eigenvalue weighted by Gasteiger charge is 2.09. The first kappa shape index (κ1) is 9.92. The Hall–Kier alpha value is -1.16. The Labute approximate surface area is 77.5 Å². The number of nitrogens with zero attached hydrogens (tertiary/aromatic N) is 2. The van der Waals surface area contributed by atoms with Gasteiger partial charge in [0.1, 0.15) is 0 Å². The SMILES string of the molecule is CCC(=O)c1nccn1CCOC. The van der Waals surface area contributed by atoms with Gasteiger partial charge in [-0.1, -0.05) is 6.92 Å². The molecule has 0 aromatic carbocycles. The average Bonchev–Trinajstić information content (AvgIpc) is 2.61. The second-order valence-corrected chi connectivity index (χ2v) is 2.71. The van der Waals surface area contributed by atoms with E-state index >= 15 is 0 Å². The highest BCUT2D eigenvalue weighted by atomic mass is 16.5. The zero-order valence-corrected chi connectivity index (χ0v) is 7.99. The molecular weight excluding hydrogens is 168 g/mol. The first-order valence-corrected chi connectivity index (χ1v) is 4.32. The standard InChI is InChI=1S/C9H14N2O2/c1-3-8(12)9-10-4-5-11(9)6-7-13-2/h4-5H,3,6-7H2,1-2H3. The number of methoxy groups -OCH3 is 1. The van der Waals surface area contributed by atoms with Crippen LogP contribution in [0.3, 0.4) is 0 Å². The van der Waals surface area contributed by atoms with Crippen LogP contribution in [0.15, 0.2) is 12.4 Å². The lowest BCUT2D eigenvalue weighted by molar-refractivity contribution is 0.0971. The topological polar surface area (TPSA) is 44.1 Å². The van der Waals surface area contributed by atoms with E-state index in [0.29, 0.717) is 25.4 Å². The molecule has 0 bridgehead atoms. The summed E-state index contributed by atoms with van der Waals surface area (Å²) >= 11 is 0. The summed E-state index contributed by atoms with van der Waals surface area (Å²) in [6.45, 7) is 3.11. The summed E-state index contributed by atoms with van der Waals surface area (Å²) in [7, 11) is 1.64. The van der Waals surface area contributed by atoms with Crippen molar-refractivity contribution in [2.45, 2.75) is 19.9 Å². The normalized spacial score (nSPS) is 10.3. The highest BCUT2D eigenvalue weighted by molar-refractivity contribution is 5.92. The van der Waals surface area contributed by atoms with Gasteiger partial charge in [-0.2, -0.15) is 0 Å². The maximum absolute atomic E-state index is 11.3. The molecule has 1 rings (SSSR count). The second-order valence-electron chi connectivity index (χ2n) is 2.71. The summed E-state index contributed by atoms with van der Waals surface area (Å²) < 4.78 is 6.74. The Kier molecular flexibility index (Phi) is 3.64. The molecule has 0 saturated carbocycles. The smallest absolute Gasteiger partial charge is 0.197 e. The van der Waals surface area contributed by atoms with Crippen LogP contribution in [0.4, 0.5) is 0 Å². The number of hydrogen-bond acceptors (Lipinski definition) is 3. The van der Waals surface area contributed by atoms with E-state index in [9.17, 15) is 4.79 Å². The van der Waals surface area contributed by atoms with E-state index in [1.165, 1.54) is 0 Å². The Morgan fingerprint density at radius 1 is 1.69 bits per heavy atom. The summed E-state index contributed by atoms with van der Waals surface area (Å²) in [5.41, 5.74) is 0.